The predicted octanol–water partition coefficient (Wildman–Crippen LogP) is 1.08. The van der Waals surface area contributed by atoms with E-state index in [2.05, 4.69) is 9.69 Å². The first kappa shape index (κ1) is 14.6. The summed E-state index contributed by atoms with van der Waals surface area (Å²) < 4.78 is 9.69. The van der Waals surface area contributed by atoms with E-state index in [1.54, 1.807) is 4.90 Å². The normalized spacial score (nSPS) is 10.5. The van der Waals surface area contributed by atoms with E-state index in [4.69, 9.17) is 10.5 Å². The van der Waals surface area contributed by atoms with Gasteiger partial charge in [-0.05, 0) is 32.3 Å². The van der Waals surface area contributed by atoms with Gasteiger partial charge in [0.25, 0.3) is 0 Å². The van der Waals surface area contributed by atoms with Gasteiger partial charge in [0.2, 0.25) is 5.91 Å². The maximum Gasteiger partial charge on any atom is 0.239 e. The Balaban J connectivity index is 2.79. The van der Waals surface area contributed by atoms with Gasteiger partial charge >= 0.3 is 0 Å². The first-order valence-corrected chi connectivity index (χ1v) is 6.62. The van der Waals surface area contributed by atoms with E-state index in [9.17, 15) is 4.79 Å². The van der Waals surface area contributed by atoms with Gasteiger partial charge < -0.3 is 20.7 Å². The Morgan fingerprint density at radius 3 is 2.83 bits per heavy atom. The van der Waals surface area contributed by atoms with Crippen molar-refractivity contribution in [2.75, 3.05) is 30.8 Å². The summed E-state index contributed by atoms with van der Waals surface area (Å²) in [5.74, 6) is 0.885. The summed E-state index contributed by atoms with van der Waals surface area (Å²) in [6.07, 6.45) is 0.0142. The van der Waals surface area contributed by atoms with E-state index >= 15 is 0 Å². The number of ether oxygens (including phenoxy) is 1. The van der Waals surface area contributed by atoms with Crippen LogP contribution in [0, 0.1) is 0 Å². The van der Waals surface area contributed by atoms with E-state index in [0.717, 1.165) is 5.00 Å². The van der Waals surface area contributed by atoms with E-state index < -0.39 is 0 Å². The van der Waals surface area contributed by atoms with Crippen molar-refractivity contribution in [2.45, 2.75) is 26.9 Å². The number of aromatic nitrogens is 1. The molecular formula is C11H20N4O2S. The van der Waals surface area contributed by atoms with Crippen LogP contribution in [-0.2, 0) is 4.79 Å². The van der Waals surface area contributed by atoms with Crippen molar-refractivity contribution in [2.24, 2.45) is 0 Å². The third kappa shape index (κ3) is 3.76. The summed E-state index contributed by atoms with van der Waals surface area (Å²) in [6, 6.07) is 0. The molecule has 3 N–H and O–H groups in total. The fraction of sp³-hybridized carbons (Fsp3) is 0.636. The molecule has 18 heavy (non-hydrogen) atoms. The first-order chi connectivity index (χ1) is 8.45. The van der Waals surface area contributed by atoms with Crippen molar-refractivity contribution in [3.63, 3.8) is 0 Å². The molecule has 1 aromatic heterocycles. The molecule has 0 aliphatic carbocycles. The quantitative estimate of drug-likeness (QED) is 0.810. The molecule has 0 fully saturated rings. The highest BCUT2D eigenvalue weighted by molar-refractivity contribution is 7.11. The lowest BCUT2D eigenvalue weighted by molar-refractivity contribution is -0.119. The van der Waals surface area contributed by atoms with Crippen molar-refractivity contribution in [1.29, 1.82) is 0 Å². The van der Waals surface area contributed by atoms with Crippen LogP contribution in [0.4, 0.5) is 10.8 Å². The second-order valence-corrected chi connectivity index (χ2v) is 4.93. The highest BCUT2D eigenvalue weighted by Gasteiger charge is 2.19. The van der Waals surface area contributed by atoms with E-state index in [-0.39, 0.29) is 18.6 Å². The number of nitrogens with one attached hydrogen (secondary N) is 1. The van der Waals surface area contributed by atoms with Gasteiger partial charge in [0.05, 0.1) is 12.6 Å². The van der Waals surface area contributed by atoms with Crippen molar-refractivity contribution in [3.05, 3.63) is 0 Å². The van der Waals surface area contributed by atoms with Crippen LogP contribution < -0.4 is 20.7 Å². The summed E-state index contributed by atoms with van der Waals surface area (Å²) >= 11 is 1.23. The minimum Gasteiger partial charge on any atom is -0.484 e. The zero-order valence-corrected chi connectivity index (χ0v) is 12.0. The molecule has 0 aliphatic rings. The molecule has 0 saturated carbocycles. The molecule has 0 spiro atoms. The second kappa shape index (κ2) is 6.44. The number of nitrogen functional groups attached to an aromatic ring is 1. The molecule has 0 aliphatic heterocycles. The lowest BCUT2D eigenvalue weighted by atomic mass is 10.4. The lowest BCUT2D eigenvalue weighted by Crippen LogP contribution is -2.34. The number of carbonyl (C=O) groups excluding carboxylic acids is 1. The lowest BCUT2D eigenvalue weighted by Gasteiger charge is -2.19. The van der Waals surface area contributed by atoms with E-state index in [1.165, 1.54) is 11.5 Å². The molecule has 0 saturated heterocycles. The molecule has 1 amide bonds. The Bertz CT molecular complexity index is 406. The topological polar surface area (TPSA) is 80.5 Å². The molecule has 6 nitrogen and oxygen atoms in total. The average Bonchev–Trinajstić information content (AvgIpc) is 2.60. The van der Waals surface area contributed by atoms with Crippen LogP contribution in [0.1, 0.15) is 20.8 Å². The number of carbonyl (C=O) groups is 1. The maximum atomic E-state index is 11.5. The molecule has 0 atom stereocenters. The van der Waals surface area contributed by atoms with Crippen molar-refractivity contribution in [3.8, 4) is 5.75 Å². The summed E-state index contributed by atoms with van der Waals surface area (Å²) in [4.78, 5) is 13.3. The molecule has 1 rings (SSSR count). The molecule has 0 radical (unpaired) electrons. The fourth-order valence-corrected chi connectivity index (χ4v) is 2.12. The van der Waals surface area contributed by atoms with Crippen LogP contribution in [0.15, 0.2) is 0 Å². The fourth-order valence-electron chi connectivity index (χ4n) is 1.41. The number of likely N-dealkylation sites (N-methyl/N-ethyl adjacent to an activating group) is 2. The van der Waals surface area contributed by atoms with Gasteiger partial charge in [0, 0.05) is 13.6 Å². The first-order valence-electron chi connectivity index (χ1n) is 5.85. The van der Waals surface area contributed by atoms with Crippen LogP contribution in [0.3, 0.4) is 0 Å². The second-order valence-electron chi connectivity index (χ2n) is 4.18. The van der Waals surface area contributed by atoms with E-state index in [0.29, 0.717) is 18.1 Å². The van der Waals surface area contributed by atoms with Gasteiger partial charge in [-0.1, -0.05) is 0 Å². The Morgan fingerprint density at radius 1 is 1.61 bits per heavy atom. The number of hydrogen-bond acceptors (Lipinski definition) is 6. The standard InChI is InChI=1S/C11H20N4O2S/c1-5-13-8(16)6-15(4)11-9(17-7(2)3)10(12)14-18-11/h7H,5-6H2,1-4H3,(H2,12,14)(H,13,16). The molecule has 0 unspecified atom stereocenters. The van der Waals surface area contributed by atoms with Crippen LogP contribution in [0.25, 0.3) is 0 Å². The highest BCUT2D eigenvalue weighted by Crippen LogP contribution is 2.38. The van der Waals surface area contributed by atoms with Gasteiger partial charge in [-0.15, -0.1) is 0 Å². The molecule has 7 heteroatoms. The molecule has 1 heterocycles. The summed E-state index contributed by atoms with van der Waals surface area (Å²) in [7, 11) is 1.81. The Hall–Kier alpha value is -1.50. The van der Waals surface area contributed by atoms with E-state index in [1.807, 2.05) is 27.8 Å². The molecule has 102 valence electrons. The van der Waals surface area contributed by atoms with Crippen LogP contribution in [-0.4, -0.2) is 36.5 Å². The highest BCUT2D eigenvalue weighted by atomic mass is 32.1. The minimum atomic E-state index is -0.0394. The number of hydrogen-bond donors (Lipinski definition) is 2. The summed E-state index contributed by atoms with van der Waals surface area (Å²) in [6.45, 7) is 6.60. The number of nitrogens with zero attached hydrogens (tertiary/aromatic N) is 2. The molecule has 1 aromatic rings. The molecule has 0 bridgehead atoms. The molecular weight excluding hydrogens is 252 g/mol. The largest absolute Gasteiger partial charge is 0.484 e. The number of anilines is 2. The van der Waals surface area contributed by atoms with Crippen molar-refractivity contribution >= 4 is 28.3 Å². The van der Waals surface area contributed by atoms with Gasteiger partial charge in [0.15, 0.2) is 16.6 Å². The minimum absolute atomic E-state index is 0.0142. The van der Waals surface area contributed by atoms with Crippen LogP contribution in [0.5, 0.6) is 5.75 Å². The van der Waals surface area contributed by atoms with Crippen LogP contribution in [0.2, 0.25) is 0 Å². The third-order valence-corrected chi connectivity index (χ3v) is 3.07. The van der Waals surface area contributed by atoms with Gasteiger partial charge in [0.1, 0.15) is 0 Å². The summed E-state index contributed by atoms with van der Waals surface area (Å²) in [5.41, 5.74) is 5.76. The van der Waals surface area contributed by atoms with Gasteiger partial charge in [-0.3, -0.25) is 4.79 Å². The van der Waals surface area contributed by atoms with Crippen LogP contribution >= 0.6 is 11.5 Å². The Kier molecular flexibility index (Phi) is 5.21. The summed E-state index contributed by atoms with van der Waals surface area (Å²) in [5, 5.41) is 3.52. The van der Waals surface area contributed by atoms with Crippen molar-refractivity contribution < 1.29 is 9.53 Å². The maximum absolute atomic E-state index is 11.5. The predicted molar refractivity (Wildman–Crippen MR) is 74.2 cm³/mol. The Morgan fingerprint density at radius 2 is 2.28 bits per heavy atom. The van der Waals surface area contributed by atoms with Gasteiger partial charge in [-0.2, -0.15) is 4.37 Å². The number of nitrogens with two attached hydrogens (primary N) is 1. The third-order valence-electron chi connectivity index (χ3n) is 2.11. The average molecular weight is 272 g/mol. The SMILES string of the molecule is CCNC(=O)CN(C)c1snc(N)c1OC(C)C. The zero-order valence-electron chi connectivity index (χ0n) is 11.2. The van der Waals surface area contributed by atoms with Crippen molar-refractivity contribution in [1.82, 2.24) is 9.69 Å². The number of amides is 1. The zero-order chi connectivity index (χ0) is 13.7. The van der Waals surface area contributed by atoms with Gasteiger partial charge in [-0.25, -0.2) is 0 Å². The monoisotopic (exact) mass is 272 g/mol. The molecule has 0 aromatic carbocycles. The number of rotatable bonds is 6. The Labute approximate surface area is 111 Å². The smallest absolute Gasteiger partial charge is 0.239 e.